The Bertz CT molecular complexity index is 4510. The summed E-state index contributed by atoms with van der Waals surface area (Å²) in [6, 6.07) is 109. The third-order valence-electron chi connectivity index (χ3n) is 16.2. The molecule has 2 heterocycles. The van der Waals surface area contributed by atoms with Crippen molar-refractivity contribution in [3.63, 3.8) is 0 Å². The zero-order valence-electron chi connectivity index (χ0n) is 43.7. The lowest BCUT2D eigenvalue weighted by atomic mass is 9.67. The molecule has 0 radical (unpaired) electrons. The summed E-state index contributed by atoms with van der Waals surface area (Å²) >= 11 is 0. The summed E-state index contributed by atoms with van der Waals surface area (Å²) < 4.78 is 2.36. The van der Waals surface area contributed by atoms with Crippen LogP contribution >= 0.6 is 0 Å². The highest BCUT2D eigenvalue weighted by molar-refractivity contribution is 6.09. The Morgan fingerprint density at radius 1 is 0.237 bits per heavy atom. The van der Waals surface area contributed by atoms with Crippen molar-refractivity contribution in [2.45, 2.75) is 5.41 Å². The molecule has 0 unspecified atom stereocenters. The molecule has 1 aliphatic rings. The van der Waals surface area contributed by atoms with E-state index in [2.05, 4.69) is 308 Å². The number of hydrogen-bond donors (Lipinski definition) is 0. The molecule has 374 valence electrons. The van der Waals surface area contributed by atoms with Gasteiger partial charge in [-0.05, 0) is 114 Å². The van der Waals surface area contributed by atoms with Gasteiger partial charge in [-0.2, -0.15) is 0 Å². The van der Waals surface area contributed by atoms with Gasteiger partial charge in [0.1, 0.15) is 0 Å². The lowest BCUT2D eigenvalue weighted by Gasteiger charge is -2.34. The van der Waals surface area contributed by atoms with Crippen molar-refractivity contribution in [1.29, 1.82) is 0 Å². The highest BCUT2D eigenvalue weighted by Gasteiger charge is 2.46. The molecule has 4 heteroatoms. The van der Waals surface area contributed by atoms with Crippen LogP contribution in [0.3, 0.4) is 0 Å². The molecule has 14 aromatic rings. The molecule has 0 saturated carbocycles. The van der Waals surface area contributed by atoms with E-state index in [-0.39, 0.29) is 0 Å². The number of nitrogens with zero attached hydrogens (tertiary/aromatic N) is 4. The van der Waals surface area contributed by atoms with Crippen LogP contribution in [0.1, 0.15) is 22.3 Å². The molecule has 12 aromatic carbocycles. The van der Waals surface area contributed by atoms with Crippen LogP contribution in [0.5, 0.6) is 0 Å². The van der Waals surface area contributed by atoms with Crippen molar-refractivity contribution in [3.8, 4) is 95.5 Å². The molecule has 0 fully saturated rings. The van der Waals surface area contributed by atoms with E-state index < -0.39 is 5.41 Å². The van der Waals surface area contributed by atoms with Gasteiger partial charge in [0.2, 0.25) is 0 Å². The first-order valence-corrected chi connectivity index (χ1v) is 27.3. The van der Waals surface area contributed by atoms with Crippen LogP contribution in [0.4, 0.5) is 0 Å². The minimum Gasteiger partial charge on any atom is -0.309 e. The molecule has 0 amide bonds. The molecule has 2 aromatic heterocycles. The maximum absolute atomic E-state index is 5.48. The number of para-hydroxylation sites is 2. The van der Waals surface area contributed by atoms with Gasteiger partial charge in [-0.3, -0.25) is 0 Å². The maximum atomic E-state index is 5.48. The van der Waals surface area contributed by atoms with Crippen LogP contribution in [-0.4, -0.2) is 19.5 Å². The molecule has 80 heavy (non-hydrogen) atoms. The normalized spacial score (nSPS) is 12.3. The van der Waals surface area contributed by atoms with Crippen LogP contribution in [0.2, 0.25) is 0 Å². The van der Waals surface area contributed by atoms with E-state index in [4.69, 9.17) is 15.0 Å². The minimum atomic E-state index is -0.586. The summed E-state index contributed by atoms with van der Waals surface area (Å²) in [5.74, 6) is 1.79. The Hall–Kier alpha value is -10.6. The average molecular weight is 1020 g/mol. The van der Waals surface area contributed by atoms with Gasteiger partial charge in [0.05, 0.1) is 16.4 Å². The predicted octanol–water partition coefficient (Wildman–Crippen LogP) is 19.0. The van der Waals surface area contributed by atoms with Gasteiger partial charge >= 0.3 is 0 Å². The largest absolute Gasteiger partial charge is 0.309 e. The van der Waals surface area contributed by atoms with Gasteiger partial charge in [-0.15, -0.1) is 0 Å². The van der Waals surface area contributed by atoms with Crippen molar-refractivity contribution in [1.82, 2.24) is 19.5 Å². The standard InChI is InChI=1S/C76H50N4/c1-5-21-53(22-6-1)61-29-13-14-30-62(61)63-47-43-56(49-68(63)54-23-7-2-8-24-54)74-77-73(55-39-37-51(38-40-55)52-41-45-60(46-42-52)80-71-35-19-16-32-66(71)67-33-17-20-36-72(67)80)78-75(79-74)57-44-48-65-64-31-15-18-34-69(64)76(70(65)50-57,58-25-9-3-10-26-58)59-27-11-4-12-28-59/h1-50H. The second-order valence-electron chi connectivity index (χ2n) is 20.6. The first-order valence-electron chi connectivity index (χ1n) is 27.3. The van der Waals surface area contributed by atoms with Crippen molar-refractivity contribution < 1.29 is 0 Å². The van der Waals surface area contributed by atoms with E-state index in [0.717, 1.165) is 55.8 Å². The third kappa shape index (κ3) is 7.80. The van der Waals surface area contributed by atoms with Gasteiger partial charge in [0, 0.05) is 33.2 Å². The minimum absolute atomic E-state index is 0.586. The van der Waals surface area contributed by atoms with E-state index >= 15 is 0 Å². The Kier molecular flexibility index (Phi) is 11.4. The summed E-state index contributed by atoms with van der Waals surface area (Å²) in [6.07, 6.45) is 0. The fraction of sp³-hybridized carbons (Fsp3) is 0.0132. The van der Waals surface area contributed by atoms with Crippen LogP contribution in [0, 0.1) is 0 Å². The SMILES string of the molecule is c1ccc(-c2ccccc2-c2ccc(-c3nc(-c4ccc(-c5ccc(-n6c7ccccc7c7ccccc76)cc5)cc4)nc(-c4ccc5c(c4)C(c4ccccc4)(c4ccccc4)c4ccccc4-5)n3)cc2-c2ccccc2)cc1. The smallest absolute Gasteiger partial charge is 0.164 e. The Balaban J connectivity index is 0.886. The van der Waals surface area contributed by atoms with Gasteiger partial charge < -0.3 is 4.57 Å². The monoisotopic (exact) mass is 1020 g/mol. The van der Waals surface area contributed by atoms with Gasteiger partial charge in [-0.25, -0.2) is 15.0 Å². The molecule has 0 bridgehead atoms. The summed E-state index contributed by atoms with van der Waals surface area (Å²) in [7, 11) is 0. The Morgan fingerprint density at radius 3 is 1.21 bits per heavy atom. The first kappa shape index (κ1) is 46.7. The zero-order chi connectivity index (χ0) is 53.0. The molecule has 1 aliphatic carbocycles. The Labute approximate surface area is 465 Å². The van der Waals surface area contributed by atoms with Crippen LogP contribution < -0.4 is 0 Å². The molecule has 0 spiro atoms. The van der Waals surface area contributed by atoms with Crippen LogP contribution in [-0.2, 0) is 5.41 Å². The maximum Gasteiger partial charge on any atom is 0.164 e. The highest BCUT2D eigenvalue weighted by Crippen LogP contribution is 2.57. The van der Waals surface area contributed by atoms with Crippen LogP contribution in [0.25, 0.3) is 117 Å². The second kappa shape index (κ2) is 19.5. The number of rotatable bonds is 10. The quantitative estimate of drug-likeness (QED) is 0.137. The molecule has 4 nitrogen and oxygen atoms in total. The third-order valence-corrected chi connectivity index (χ3v) is 16.2. The fourth-order valence-corrected chi connectivity index (χ4v) is 12.5. The zero-order valence-corrected chi connectivity index (χ0v) is 43.7. The predicted molar refractivity (Wildman–Crippen MR) is 330 cm³/mol. The average Bonchev–Trinajstić information content (AvgIpc) is 4.23. The Morgan fingerprint density at radius 2 is 0.625 bits per heavy atom. The fourth-order valence-electron chi connectivity index (χ4n) is 12.5. The van der Waals surface area contributed by atoms with E-state index in [1.165, 1.54) is 66.3 Å². The summed E-state index contributed by atoms with van der Waals surface area (Å²) in [5.41, 5.74) is 22.0. The van der Waals surface area contributed by atoms with Crippen LogP contribution in [0.15, 0.2) is 303 Å². The number of hydrogen-bond acceptors (Lipinski definition) is 3. The molecule has 0 saturated heterocycles. The van der Waals surface area contributed by atoms with Gasteiger partial charge in [-0.1, -0.05) is 267 Å². The molecule has 0 aliphatic heterocycles. The summed E-state index contributed by atoms with van der Waals surface area (Å²) in [4.78, 5) is 16.3. The summed E-state index contributed by atoms with van der Waals surface area (Å²) in [6.45, 7) is 0. The number of benzene rings is 12. The first-order chi connectivity index (χ1) is 39.7. The number of fused-ring (bicyclic) bond motifs is 6. The van der Waals surface area contributed by atoms with Crippen molar-refractivity contribution in [3.05, 3.63) is 326 Å². The molecule has 15 rings (SSSR count). The van der Waals surface area contributed by atoms with E-state index in [1.54, 1.807) is 0 Å². The summed E-state index contributed by atoms with van der Waals surface area (Å²) in [5, 5.41) is 2.50. The number of aromatic nitrogens is 4. The van der Waals surface area contributed by atoms with E-state index in [0.29, 0.717) is 17.5 Å². The van der Waals surface area contributed by atoms with Crippen molar-refractivity contribution >= 4 is 21.8 Å². The van der Waals surface area contributed by atoms with Crippen molar-refractivity contribution in [2.24, 2.45) is 0 Å². The van der Waals surface area contributed by atoms with Gasteiger partial charge in [0.25, 0.3) is 0 Å². The van der Waals surface area contributed by atoms with E-state index in [1.807, 2.05) is 0 Å². The topological polar surface area (TPSA) is 43.6 Å². The lowest BCUT2D eigenvalue weighted by molar-refractivity contribution is 0.768. The molecule has 0 atom stereocenters. The lowest BCUT2D eigenvalue weighted by Crippen LogP contribution is -2.28. The molecule has 0 N–H and O–H groups in total. The highest BCUT2D eigenvalue weighted by atomic mass is 15.0. The second-order valence-corrected chi connectivity index (χ2v) is 20.6. The van der Waals surface area contributed by atoms with Gasteiger partial charge in [0.15, 0.2) is 17.5 Å². The van der Waals surface area contributed by atoms with E-state index in [9.17, 15) is 0 Å². The van der Waals surface area contributed by atoms with Crippen molar-refractivity contribution in [2.75, 3.05) is 0 Å². The molecular formula is C76H50N4. The molecular weight excluding hydrogens is 969 g/mol.